The predicted octanol–water partition coefficient (Wildman–Crippen LogP) is 3.28. The van der Waals surface area contributed by atoms with Gasteiger partial charge in [-0.3, -0.25) is 15.0 Å². The number of carbonyl (C=O) groups excluding carboxylic acids is 1. The van der Waals surface area contributed by atoms with Crippen LogP contribution >= 0.6 is 0 Å². The SMILES string of the molecule is COC(=O)N(c1ccccc1)C(C[N+](=O)[O-])c1ccccc1. The number of nitrogens with zero attached hydrogens (tertiary/aromatic N) is 2. The first kappa shape index (κ1) is 15.5. The molecule has 0 aromatic heterocycles. The van der Waals surface area contributed by atoms with Crippen molar-refractivity contribution in [2.75, 3.05) is 18.6 Å². The standard InChI is InChI=1S/C16H16N2O4/c1-22-16(19)18(14-10-6-3-7-11-14)15(12-17(20)21)13-8-4-2-5-9-13/h2-11,15H,12H2,1H3. The highest BCUT2D eigenvalue weighted by atomic mass is 16.6. The fraction of sp³-hybridized carbons (Fsp3) is 0.188. The van der Waals surface area contributed by atoms with E-state index in [4.69, 9.17) is 4.74 Å². The number of carbonyl (C=O) groups is 1. The summed E-state index contributed by atoms with van der Waals surface area (Å²) in [6, 6.07) is 16.9. The molecule has 0 aliphatic carbocycles. The molecule has 0 fully saturated rings. The molecule has 2 rings (SSSR count). The van der Waals surface area contributed by atoms with Crippen molar-refractivity contribution >= 4 is 11.8 Å². The zero-order valence-electron chi connectivity index (χ0n) is 12.1. The van der Waals surface area contributed by atoms with E-state index in [-0.39, 0.29) is 0 Å². The summed E-state index contributed by atoms with van der Waals surface area (Å²) >= 11 is 0. The van der Waals surface area contributed by atoms with Gasteiger partial charge in [-0.25, -0.2) is 4.79 Å². The Bertz CT molecular complexity index is 631. The van der Waals surface area contributed by atoms with Crippen LogP contribution in [-0.2, 0) is 4.74 Å². The second kappa shape index (κ2) is 7.21. The Hall–Kier alpha value is -2.89. The maximum absolute atomic E-state index is 12.2. The number of hydrogen-bond acceptors (Lipinski definition) is 4. The van der Waals surface area contributed by atoms with Gasteiger partial charge in [0.05, 0.1) is 7.11 Å². The number of para-hydroxylation sites is 1. The predicted molar refractivity (Wildman–Crippen MR) is 82.4 cm³/mol. The van der Waals surface area contributed by atoms with Crippen LogP contribution in [0.3, 0.4) is 0 Å². The molecule has 6 heteroatoms. The van der Waals surface area contributed by atoms with Gasteiger partial charge < -0.3 is 4.74 Å². The number of ether oxygens (including phenoxy) is 1. The Kier molecular flexibility index (Phi) is 5.08. The summed E-state index contributed by atoms with van der Waals surface area (Å²) in [5, 5.41) is 11.1. The van der Waals surface area contributed by atoms with E-state index in [0.29, 0.717) is 11.3 Å². The molecule has 0 aliphatic rings. The number of amides is 1. The first-order valence-electron chi connectivity index (χ1n) is 6.72. The van der Waals surface area contributed by atoms with Crippen molar-refractivity contribution in [1.82, 2.24) is 0 Å². The molecule has 22 heavy (non-hydrogen) atoms. The Morgan fingerprint density at radius 1 is 1.14 bits per heavy atom. The van der Waals surface area contributed by atoms with Crippen LogP contribution < -0.4 is 4.90 Å². The van der Waals surface area contributed by atoms with E-state index in [1.54, 1.807) is 48.5 Å². The van der Waals surface area contributed by atoms with Crippen molar-refractivity contribution < 1.29 is 14.5 Å². The van der Waals surface area contributed by atoms with Gasteiger partial charge in [0.1, 0.15) is 6.04 Å². The summed E-state index contributed by atoms with van der Waals surface area (Å²) in [6.07, 6.45) is -0.637. The molecule has 0 heterocycles. The van der Waals surface area contributed by atoms with Gasteiger partial charge in [-0.2, -0.15) is 0 Å². The first-order valence-corrected chi connectivity index (χ1v) is 6.72. The van der Waals surface area contributed by atoms with Gasteiger partial charge in [-0.15, -0.1) is 0 Å². The summed E-state index contributed by atoms with van der Waals surface area (Å²) in [5.41, 5.74) is 1.22. The molecule has 0 saturated heterocycles. The lowest BCUT2D eigenvalue weighted by Gasteiger charge is -2.28. The molecule has 0 radical (unpaired) electrons. The summed E-state index contributed by atoms with van der Waals surface area (Å²) in [7, 11) is 1.26. The molecule has 6 nitrogen and oxygen atoms in total. The molecule has 0 aliphatic heterocycles. The molecule has 1 unspecified atom stereocenters. The fourth-order valence-electron chi connectivity index (χ4n) is 2.25. The quantitative estimate of drug-likeness (QED) is 0.627. The molecule has 2 aromatic rings. The molecular formula is C16H16N2O4. The third-order valence-corrected chi connectivity index (χ3v) is 3.22. The lowest BCUT2D eigenvalue weighted by Crippen LogP contribution is -2.38. The number of hydrogen-bond donors (Lipinski definition) is 0. The Morgan fingerprint density at radius 2 is 1.68 bits per heavy atom. The first-order chi connectivity index (χ1) is 10.6. The molecule has 114 valence electrons. The zero-order valence-corrected chi connectivity index (χ0v) is 12.1. The number of methoxy groups -OCH3 is 1. The fourth-order valence-corrected chi connectivity index (χ4v) is 2.25. The van der Waals surface area contributed by atoms with E-state index in [2.05, 4.69) is 0 Å². The van der Waals surface area contributed by atoms with E-state index in [1.165, 1.54) is 12.0 Å². The summed E-state index contributed by atoms with van der Waals surface area (Å²) in [4.78, 5) is 24.1. The second-order valence-corrected chi connectivity index (χ2v) is 4.62. The van der Waals surface area contributed by atoms with Crippen molar-refractivity contribution in [2.45, 2.75) is 6.04 Å². The molecule has 0 saturated carbocycles. The normalized spacial score (nSPS) is 11.5. The molecule has 1 amide bonds. The lowest BCUT2D eigenvalue weighted by molar-refractivity contribution is -0.483. The van der Waals surface area contributed by atoms with E-state index in [1.807, 2.05) is 12.1 Å². The van der Waals surface area contributed by atoms with E-state index in [0.717, 1.165) is 0 Å². The van der Waals surface area contributed by atoms with Gasteiger partial charge in [0.2, 0.25) is 6.54 Å². The number of anilines is 1. The largest absolute Gasteiger partial charge is 0.452 e. The summed E-state index contributed by atoms with van der Waals surface area (Å²) in [5.74, 6) is 0. The molecular weight excluding hydrogens is 284 g/mol. The average Bonchev–Trinajstić information content (AvgIpc) is 2.55. The Labute approximate surface area is 128 Å². The van der Waals surface area contributed by atoms with Crippen molar-refractivity contribution in [1.29, 1.82) is 0 Å². The third kappa shape index (κ3) is 3.60. The van der Waals surface area contributed by atoms with Crippen molar-refractivity contribution in [2.24, 2.45) is 0 Å². The van der Waals surface area contributed by atoms with Crippen LogP contribution in [0.1, 0.15) is 11.6 Å². The van der Waals surface area contributed by atoms with Crippen molar-refractivity contribution in [3.8, 4) is 0 Å². The highest BCUT2D eigenvalue weighted by molar-refractivity contribution is 5.88. The van der Waals surface area contributed by atoms with E-state index in [9.17, 15) is 14.9 Å². The molecule has 0 N–H and O–H groups in total. The van der Waals surface area contributed by atoms with E-state index < -0.39 is 23.6 Å². The molecule has 0 bridgehead atoms. The summed E-state index contributed by atoms with van der Waals surface area (Å²) < 4.78 is 4.82. The van der Waals surface area contributed by atoms with Gasteiger partial charge in [0, 0.05) is 10.6 Å². The van der Waals surface area contributed by atoms with Crippen molar-refractivity contribution in [3.63, 3.8) is 0 Å². The molecule has 2 aromatic carbocycles. The Balaban J connectivity index is 2.48. The third-order valence-electron chi connectivity index (χ3n) is 3.22. The lowest BCUT2D eigenvalue weighted by atomic mass is 10.0. The second-order valence-electron chi connectivity index (χ2n) is 4.62. The van der Waals surface area contributed by atoms with Crippen LogP contribution in [0.15, 0.2) is 60.7 Å². The monoisotopic (exact) mass is 300 g/mol. The number of rotatable bonds is 5. The highest BCUT2D eigenvalue weighted by Crippen LogP contribution is 2.28. The van der Waals surface area contributed by atoms with Crippen LogP contribution in [0.4, 0.5) is 10.5 Å². The Morgan fingerprint density at radius 3 is 2.18 bits per heavy atom. The van der Waals surface area contributed by atoms with Gasteiger partial charge >= 0.3 is 6.09 Å². The van der Waals surface area contributed by atoms with Crippen LogP contribution in [0.5, 0.6) is 0 Å². The van der Waals surface area contributed by atoms with E-state index >= 15 is 0 Å². The smallest absolute Gasteiger partial charge is 0.414 e. The van der Waals surface area contributed by atoms with Crippen LogP contribution in [0.2, 0.25) is 0 Å². The van der Waals surface area contributed by atoms with Crippen LogP contribution in [-0.4, -0.2) is 24.7 Å². The van der Waals surface area contributed by atoms with Gasteiger partial charge in [0.25, 0.3) is 0 Å². The molecule has 1 atom stereocenters. The van der Waals surface area contributed by atoms with Gasteiger partial charge in [0.15, 0.2) is 0 Å². The van der Waals surface area contributed by atoms with Crippen LogP contribution in [0, 0.1) is 10.1 Å². The summed E-state index contributed by atoms with van der Waals surface area (Å²) in [6.45, 7) is -0.409. The molecule has 0 spiro atoms. The minimum absolute atomic E-state index is 0.409. The topological polar surface area (TPSA) is 72.7 Å². The zero-order chi connectivity index (χ0) is 15.9. The van der Waals surface area contributed by atoms with Gasteiger partial charge in [-0.05, 0) is 17.7 Å². The highest BCUT2D eigenvalue weighted by Gasteiger charge is 2.31. The maximum Gasteiger partial charge on any atom is 0.414 e. The maximum atomic E-state index is 12.2. The number of nitro groups is 1. The van der Waals surface area contributed by atoms with Gasteiger partial charge in [-0.1, -0.05) is 48.5 Å². The minimum atomic E-state index is -0.744. The number of benzene rings is 2. The van der Waals surface area contributed by atoms with Crippen LogP contribution in [0.25, 0.3) is 0 Å². The average molecular weight is 300 g/mol. The minimum Gasteiger partial charge on any atom is -0.452 e. The van der Waals surface area contributed by atoms with Crippen molar-refractivity contribution in [3.05, 3.63) is 76.3 Å².